The fourth-order valence-corrected chi connectivity index (χ4v) is 6.57. The van der Waals surface area contributed by atoms with Crippen molar-refractivity contribution in [3.8, 4) is 0 Å². The van der Waals surface area contributed by atoms with E-state index in [2.05, 4.69) is 40.5 Å². The lowest BCUT2D eigenvalue weighted by Gasteiger charge is -2.36. The molecule has 3 heteroatoms. The first-order valence-electron chi connectivity index (χ1n) is 10.3. The number of rotatable bonds is 4. The van der Waals surface area contributed by atoms with Crippen LogP contribution in [0.1, 0.15) is 50.5 Å². The van der Waals surface area contributed by atoms with Crippen LogP contribution in [0.2, 0.25) is 0 Å². The first kappa shape index (κ1) is 15.9. The maximum atomic E-state index is 13.1. The summed E-state index contributed by atoms with van der Waals surface area (Å²) in [5.41, 5.74) is 1.43. The second-order valence-corrected chi connectivity index (χ2v) is 9.21. The van der Waals surface area contributed by atoms with Crippen LogP contribution in [0.25, 0.3) is 0 Å². The lowest BCUT2D eigenvalue weighted by molar-refractivity contribution is -0.134. The van der Waals surface area contributed by atoms with Crippen LogP contribution in [-0.4, -0.2) is 29.9 Å². The number of benzene rings is 1. The summed E-state index contributed by atoms with van der Waals surface area (Å²) in [6, 6.07) is 11.1. The summed E-state index contributed by atoms with van der Waals surface area (Å²) in [7, 11) is 0. The summed E-state index contributed by atoms with van der Waals surface area (Å²) in [5.74, 6) is 2.84. The number of carbonyl (C=O) groups excluding carboxylic acids is 1. The third-order valence-corrected chi connectivity index (χ3v) is 7.61. The first-order chi connectivity index (χ1) is 12.2. The molecule has 134 valence electrons. The highest BCUT2D eigenvalue weighted by atomic mass is 16.2. The van der Waals surface area contributed by atoms with Crippen LogP contribution in [0, 0.1) is 23.2 Å². The highest BCUT2D eigenvalue weighted by Crippen LogP contribution is 2.65. The van der Waals surface area contributed by atoms with E-state index < -0.39 is 0 Å². The summed E-state index contributed by atoms with van der Waals surface area (Å²) in [4.78, 5) is 15.7. The molecule has 1 amide bonds. The molecule has 25 heavy (non-hydrogen) atoms. The zero-order valence-corrected chi connectivity index (χ0v) is 15.1. The second kappa shape index (κ2) is 6.12. The van der Waals surface area contributed by atoms with Gasteiger partial charge in [-0.3, -0.25) is 9.69 Å². The van der Waals surface area contributed by atoms with Gasteiger partial charge in [-0.25, -0.2) is 0 Å². The number of hydrogen-bond acceptors (Lipinski definition) is 2. The summed E-state index contributed by atoms with van der Waals surface area (Å²) in [5, 5.41) is 3.48. The van der Waals surface area contributed by atoms with Crippen LogP contribution in [0.3, 0.4) is 0 Å². The van der Waals surface area contributed by atoms with E-state index in [0.29, 0.717) is 17.9 Å². The van der Waals surface area contributed by atoms with Crippen molar-refractivity contribution < 1.29 is 4.79 Å². The second-order valence-electron chi connectivity index (χ2n) is 9.21. The van der Waals surface area contributed by atoms with Crippen LogP contribution in [0.15, 0.2) is 30.3 Å². The number of hydrogen-bond donors (Lipinski definition) is 1. The molecule has 1 N–H and O–H groups in total. The zero-order valence-electron chi connectivity index (χ0n) is 15.1. The maximum absolute atomic E-state index is 13.1. The number of piperidine rings is 1. The summed E-state index contributed by atoms with van der Waals surface area (Å²) in [6.07, 6.45) is 8.65. The lowest BCUT2D eigenvalue weighted by atomic mass is 9.74. The molecule has 6 rings (SSSR count). The van der Waals surface area contributed by atoms with Crippen molar-refractivity contribution >= 4 is 5.91 Å². The molecule has 2 unspecified atom stereocenters. The molecule has 0 radical (unpaired) electrons. The molecule has 1 aromatic rings. The van der Waals surface area contributed by atoms with Crippen molar-refractivity contribution in [3.05, 3.63) is 35.9 Å². The van der Waals surface area contributed by atoms with Gasteiger partial charge in [0, 0.05) is 25.7 Å². The number of amides is 1. The summed E-state index contributed by atoms with van der Waals surface area (Å²) < 4.78 is 0. The van der Waals surface area contributed by atoms with Crippen molar-refractivity contribution in [2.24, 2.45) is 23.2 Å². The Hall–Kier alpha value is -1.35. The standard InChI is InChI=1S/C22H30N2O/c25-21(22-13-17-10-18(14-22)12-19(22)11-17)23-20-6-8-24(9-7-20)15-16-4-2-1-3-5-16/h1-5,17-20H,6-15H2,(H,23,25). The molecule has 5 fully saturated rings. The predicted molar refractivity (Wildman–Crippen MR) is 98.9 cm³/mol. The largest absolute Gasteiger partial charge is 0.353 e. The third-order valence-electron chi connectivity index (χ3n) is 7.61. The van der Waals surface area contributed by atoms with Crippen LogP contribution in [0.5, 0.6) is 0 Å². The van der Waals surface area contributed by atoms with E-state index in [-0.39, 0.29) is 5.41 Å². The van der Waals surface area contributed by atoms with Crippen LogP contribution in [-0.2, 0) is 11.3 Å². The van der Waals surface area contributed by atoms with Crippen molar-refractivity contribution in [2.75, 3.05) is 13.1 Å². The van der Waals surface area contributed by atoms with Gasteiger partial charge in [0.25, 0.3) is 0 Å². The van der Waals surface area contributed by atoms with E-state index in [1.807, 2.05) is 0 Å². The molecule has 1 aliphatic heterocycles. The van der Waals surface area contributed by atoms with Crippen LogP contribution < -0.4 is 5.32 Å². The van der Waals surface area contributed by atoms with Crippen molar-refractivity contribution in [1.29, 1.82) is 0 Å². The van der Waals surface area contributed by atoms with Gasteiger partial charge < -0.3 is 5.32 Å². The van der Waals surface area contributed by atoms with Gasteiger partial charge in [-0.1, -0.05) is 30.3 Å². The minimum absolute atomic E-state index is 0.0365. The van der Waals surface area contributed by atoms with E-state index >= 15 is 0 Å². The van der Waals surface area contributed by atoms with Gasteiger partial charge in [-0.05, 0) is 68.3 Å². The predicted octanol–water partition coefficient (Wildman–Crippen LogP) is 3.59. The Kier molecular flexibility index (Phi) is 3.89. The number of nitrogens with one attached hydrogen (secondary N) is 1. The highest BCUT2D eigenvalue weighted by molar-refractivity contribution is 5.84. The Morgan fingerprint density at radius 3 is 2.40 bits per heavy atom. The molecule has 0 spiro atoms. The molecule has 0 aromatic heterocycles. The minimum atomic E-state index is 0.0365. The monoisotopic (exact) mass is 338 g/mol. The molecule has 5 aliphatic rings. The normalized spacial score (nSPS) is 37.5. The van der Waals surface area contributed by atoms with Crippen molar-refractivity contribution in [2.45, 2.75) is 57.5 Å². The van der Waals surface area contributed by atoms with Gasteiger partial charge >= 0.3 is 0 Å². The van der Waals surface area contributed by atoms with E-state index in [0.717, 1.165) is 44.3 Å². The van der Waals surface area contributed by atoms with Gasteiger partial charge in [0.2, 0.25) is 5.91 Å². The zero-order chi connectivity index (χ0) is 16.9. The van der Waals surface area contributed by atoms with E-state index in [9.17, 15) is 4.79 Å². The quantitative estimate of drug-likeness (QED) is 0.910. The van der Waals surface area contributed by atoms with E-state index in [1.54, 1.807) is 0 Å². The molecule has 4 saturated carbocycles. The summed E-state index contributed by atoms with van der Waals surface area (Å²) >= 11 is 0. The molecule has 3 nitrogen and oxygen atoms in total. The SMILES string of the molecule is O=C(NC1CCN(Cc2ccccc2)CC1)C12CC3CC(CC1C3)C2. The Morgan fingerprint density at radius 2 is 1.72 bits per heavy atom. The Labute approximate surface area is 151 Å². The minimum Gasteiger partial charge on any atom is -0.353 e. The van der Waals surface area contributed by atoms with Gasteiger partial charge in [0.15, 0.2) is 0 Å². The average Bonchev–Trinajstić information content (AvgIpc) is 3.03. The van der Waals surface area contributed by atoms with Crippen LogP contribution >= 0.6 is 0 Å². The van der Waals surface area contributed by atoms with E-state index in [1.165, 1.54) is 37.7 Å². The topological polar surface area (TPSA) is 32.3 Å². The van der Waals surface area contributed by atoms with Gasteiger partial charge in [0.05, 0.1) is 5.41 Å². The molecule has 1 saturated heterocycles. The third kappa shape index (κ3) is 2.81. The fraction of sp³-hybridized carbons (Fsp3) is 0.682. The van der Waals surface area contributed by atoms with Gasteiger partial charge in [-0.2, -0.15) is 0 Å². The number of carbonyl (C=O) groups is 1. The van der Waals surface area contributed by atoms with Crippen molar-refractivity contribution in [1.82, 2.24) is 10.2 Å². The Morgan fingerprint density at radius 1 is 1.04 bits per heavy atom. The molecule has 1 aromatic carbocycles. The fourth-order valence-electron chi connectivity index (χ4n) is 6.57. The van der Waals surface area contributed by atoms with Gasteiger partial charge in [-0.15, -0.1) is 0 Å². The molecule has 4 aliphatic carbocycles. The first-order valence-corrected chi connectivity index (χ1v) is 10.3. The smallest absolute Gasteiger partial charge is 0.226 e. The van der Waals surface area contributed by atoms with Crippen LogP contribution in [0.4, 0.5) is 0 Å². The van der Waals surface area contributed by atoms with Gasteiger partial charge in [0.1, 0.15) is 0 Å². The maximum Gasteiger partial charge on any atom is 0.226 e. The lowest BCUT2D eigenvalue weighted by Crippen LogP contribution is -2.50. The van der Waals surface area contributed by atoms with Crippen molar-refractivity contribution in [3.63, 3.8) is 0 Å². The number of likely N-dealkylation sites (tertiary alicyclic amines) is 1. The molecule has 4 bridgehead atoms. The summed E-state index contributed by atoms with van der Waals surface area (Å²) in [6.45, 7) is 3.24. The van der Waals surface area contributed by atoms with E-state index in [4.69, 9.17) is 0 Å². The number of nitrogens with zero attached hydrogens (tertiary/aromatic N) is 1. The average molecular weight is 338 g/mol. The molecule has 2 atom stereocenters. The Bertz CT molecular complexity index is 621. The molecule has 1 heterocycles. The molecular weight excluding hydrogens is 308 g/mol. The highest BCUT2D eigenvalue weighted by Gasteiger charge is 2.61. The Balaban J connectivity index is 1.15. The molecular formula is C22H30N2O.